The van der Waals surface area contributed by atoms with E-state index in [0.29, 0.717) is 0 Å². The van der Waals surface area contributed by atoms with E-state index in [1.165, 1.54) is 12.1 Å². The summed E-state index contributed by atoms with van der Waals surface area (Å²) in [6, 6.07) is 3.21. The Morgan fingerprint density at radius 2 is 1.89 bits per heavy atom. The molecular weight excluding hydrogens is 254 g/mol. The zero-order valence-corrected chi connectivity index (χ0v) is 10.6. The number of benzene rings is 1. The van der Waals surface area contributed by atoms with Crippen LogP contribution in [0.5, 0.6) is 0 Å². The van der Waals surface area contributed by atoms with Crippen LogP contribution in [0.2, 0.25) is 0 Å². The molecule has 1 rings (SSSR count). The quantitative estimate of drug-likeness (QED) is 0.601. The first-order valence-corrected chi connectivity index (χ1v) is 5.67. The number of anilines is 1. The fourth-order valence-electron chi connectivity index (χ4n) is 1.45. The van der Waals surface area contributed by atoms with Crippen molar-refractivity contribution in [3.63, 3.8) is 0 Å². The summed E-state index contributed by atoms with van der Waals surface area (Å²) in [6.45, 7) is 3.50. The van der Waals surface area contributed by atoms with E-state index in [-0.39, 0.29) is 35.6 Å². The van der Waals surface area contributed by atoms with E-state index in [2.05, 4.69) is 5.32 Å². The van der Waals surface area contributed by atoms with Crippen molar-refractivity contribution in [2.75, 3.05) is 11.9 Å². The molecule has 0 radical (unpaired) electrons. The molecule has 0 aromatic heterocycles. The zero-order chi connectivity index (χ0) is 14.6. The normalized spacial score (nSPS) is 13.6. The van der Waals surface area contributed by atoms with Crippen molar-refractivity contribution < 1.29 is 15.0 Å². The molecule has 0 heterocycles. The van der Waals surface area contributed by atoms with Crippen LogP contribution >= 0.6 is 0 Å². The minimum atomic E-state index is -0.684. The van der Waals surface area contributed by atoms with Gasteiger partial charge in [-0.2, -0.15) is 0 Å². The van der Waals surface area contributed by atoms with Crippen LogP contribution in [0, 0.1) is 26.1 Å². The van der Waals surface area contributed by atoms with Crippen LogP contribution in [0.25, 0.3) is 0 Å². The first-order valence-electron chi connectivity index (χ1n) is 5.67. The van der Waals surface area contributed by atoms with Crippen molar-refractivity contribution in [1.82, 2.24) is 0 Å². The van der Waals surface area contributed by atoms with Gasteiger partial charge in [-0.3, -0.25) is 20.2 Å². The van der Waals surface area contributed by atoms with Crippen LogP contribution in [0.4, 0.5) is 17.1 Å². The lowest BCUT2D eigenvalue weighted by molar-refractivity contribution is -0.393. The number of aliphatic hydroxyl groups excluding tert-OH is 1. The molecule has 2 atom stereocenters. The first-order chi connectivity index (χ1) is 8.86. The molecule has 0 bridgehead atoms. The van der Waals surface area contributed by atoms with Crippen LogP contribution in [0.3, 0.4) is 0 Å². The highest BCUT2D eigenvalue weighted by Crippen LogP contribution is 2.30. The Balaban J connectivity index is 3.07. The molecule has 8 nitrogen and oxygen atoms in total. The molecule has 0 spiro atoms. The van der Waals surface area contributed by atoms with E-state index in [9.17, 15) is 20.2 Å². The number of hydrogen-bond acceptors (Lipinski definition) is 6. The number of nitrogens with zero attached hydrogens (tertiary/aromatic N) is 2. The highest BCUT2D eigenvalue weighted by atomic mass is 16.6. The van der Waals surface area contributed by atoms with E-state index in [0.717, 1.165) is 6.07 Å². The average Bonchev–Trinajstić information content (AvgIpc) is 2.37. The van der Waals surface area contributed by atoms with E-state index in [1.54, 1.807) is 13.8 Å². The number of nitro groups is 2. The number of nitro benzene ring substituents is 2. The predicted molar refractivity (Wildman–Crippen MR) is 69.1 cm³/mol. The summed E-state index contributed by atoms with van der Waals surface area (Å²) in [5.41, 5.74) is -0.491. The minimum Gasteiger partial charge on any atom is -0.396 e. The summed E-state index contributed by atoms with van der Waals surface area (Å²) < 4.78 is 0. The van der Waals surface area contributed by atoms with Crippen molar-refractivity contribution in [3.8, 4) is 0 Å². The third-order valence-corrected chi connectivity index (χ3v) is 2.91. The Hall–Kier alpha value is -2.22. The smallest absolute Gasteiger partial charge is 0.299 e. The molecular formula is C11H15N3O5. The highest BCUT2D eigenvalue weighted by Gasteiger charge is 2.21. The van der Waals surface area contributed by atoms with Crippen LogP contribution in [0.15, 0.2) is 18.2 Å². The molecule has 8 heteroatoms. The van der Waals surface area contributed by atoms with E-state index < -0.39 is 9.85 Å². The number of aliphatic hydroxyl groups is 1. The molecule has 104 valence electrons. The second kappa shape index (κ2) is 6.10. The largest absolute Gasteiger partial charge is 0.396 e. The number of rotatable bonds is 6. The average molecular weight is 269 g/mol. The zero-order valence-electron chi connectivity index (χ0n) is 10.6. The molecule has 0 aliphatic rings. The molecule has 0 aliphatic carbocycles. The van der Waals surface area contributed by atoms with Gasteiger partial charge < -0.3 is 10.4 Å². The van der Waals surface area contributed by atoms with Crippen LogP contribution in [0.1, 0.15) is 13.8 Å². The van der Waals surface area contributed by atoms with Crippen molar-refractivity contribution >= 4 is 17.1 Å². The summed E-state index contributed by atoms with van der Waals surface area (Å²) in [4.78, 5) is 20.1. The predicted octanol–water partition coefficient (Wildman–Crippen LogP) is 1.93. The van der Waals surface area contributed by atoms with Crippen LogP contribution < -0.4 is 5.32 Å². The third kappa shape index (κ3) is 3.62. The van der Waals surface area contributed by atoms with Gasteiger partial charge in [0.1, 0.15) is 5.69 Å². The van der Waals surface area contributed by atoms with E-state index in [1.807, 2.05) is 0 Å². The minimum absolute atomic E-state index is 0.0606. The SMILES string of the molecule is CC(CO)C(C)Nc1ccc([N+](=O)[O-])cc1[N+](=O)[O-]. The van der Waals surface area contributed by atoms with Gasteiger partial charge in [0.05, 0.1) is 15.9 Å². The van der Waals surface area contributed by atoms with E-state index >= 15 is 0 Å². The van der Waals surface area contributed by atoms with Gasteiger partial charge in [-0.25, -0.2) is 0 Å². The summed E-state index contributed by atoms with van der Waals surface area (Å²) in [5, 5.41) is 33.4. The number of hydrogen-bond donors (Lipinski definition) is 2. The molecule has 2 unspecified atom stereocenters. The van der Waals surface area contributed by atoms with Gasteiger partial charge in [-0.05, 0) is 18.9 Å². The monoisotopic (exact) mass is 269 g/mol. The second-order valence-electron chi connectivity index (χ2n) is 4.31. The second-order valence-corrected chi connectivity index (χ2v) is 4.31. The Kier molecular flexibility index (Phi) is 4.76. The van der Waals surface area contributed by atoms with Gasteiger partial charge in [0, 0.05) is 18.7 Å². The van der Waals surface area contributed by atoms with Gasteiger partial charge in [0.2, 0.25) is 0 Å². The molecule has 1 aromatic carbocycles. The molecule has 19 heavy (non-hydrogen) atoms. The van der Waals surface area contributed by atoms with Gasteiger partial charge in [0.25, 0.3) is 11.4 Å². The molecule has 0 saturated carbocycles. The number of nitrogens with one attached hydrogen (secondary N) is 1. The summed E-state index contributed by atoms with van der Waals surface area (Å²) >= 11 is 0. The standard InChI is InChI=1S/C11H15N3O5/c1-7(6-15)8(2)12-10-4-3-9(13(16)17)5-11(10)14(18)19/h3-5,7-8,12,15H,6H2,1-2H3. The maximum atomic E-state index is 10.9. The Morgan fingerprint density at radius 3 is 2.37 bits per heavy atom. The lowest BCUT2D eigenvalue weighted by atomic mass is 10.0. The highest BCUT2D eigenvalue weighted by molar-refractivity contribution is 5.65. The van der Waals surface area contributed by atoms with Gasteiger partial charge in [0.15, 0.2) is 0 Å². The Bertz CT molecular complexity index is 491. The molecule has 0 aliphatic heterocycles. The van der Waals surface area contributed by atoms with Crippen molar-refractivity contribution in [2.45, 2.75) is 19.9 Å². The topological polar surface area (TPSA) is 119 Å². The van der Waals surface area contributed by atoms with Crippen molar-refractivity contribution in [3.05, 3.63) is 38.4 Å². The summed E-state index contributed by atoms with van der Waals surface area (Å²) in [7, 11) is 0. The van der Waals surface area contributed by atoms with Crippen LogP contribution in [-0.2, 0) is 0 Å². The maximum absolute atomic E-state index is 10.9. The molecule has 2 N–H and O–H groups in total. The van der Waals surface area contributed by atoms with Gasteiger partial charge in [-0.15, -0.1) is 0 Å². The fourth-order valence-corrected chi connectivity index (χ4v) is 1.45. The molecule has 0 amide bonds. The summed E-state index contributed by atoms with van der Waals surface area (Å²) in [5.74, 6) is -0.102. The third-order valence-electron chi connectivity index (χ3n) is 2.91. The number of non-ortho nitro benzene ring substituents is 1. The molecule has 1 aromatic rings. The Morgan fingerprint density at radius 1 is 1.26 bits per heavy atom. The first kappa shape index (κ1) is 14.8. The Labute approximate surface area is 109 Å². The fraction of sp³-hybridized carbons (Fsp3) is 0.455. The van der Waals surface area contributed by atoms with Crippen molar-refractivity contribution in [1.29, 1.82) is 0 Å². The summed E-state index contributed by atoms with van der Waals surface area (Å²) in [6.07, 6.45) is 0. The van der Waals surface area contributed by atoms with Gasteiger partial charge >= 0.3 is 0 Å². The maximum Gasteiger partial charge on any atom is 0.299 e. The molecule has 0 saturated heterocycles. The molecule has 0 fully saturated rings. The lowest BCUT2D eigenvalue weighted by Gasteiger charge is -2.20. The van der Waals surface area contributed by atoms with Gasteiger partial charge in [-0.1, -0.05) is 6.92 Å². The van der Waals surface area contributed by atoms with Crippen LogP contribution in [-0.4, -0.2) is 27.6 Å². The lowest BCUT2D eigenvalue weighted by Crippen LogP contribution is -2.26. The van der Waals surface area contributed by atoms with E-state index in [4.69, 9.17) is 5.11 Å². The van der Waals surface area contributed by atoms with Crippen molar-refractivity contribution in [2.24, 2.45) is 5.92 Å².